The summed E-state index contributed by atoms with van der Waals surface area (Å²) in [7, 11) is 0. The number of aromatic nitrogens is 7. The monoisotopic (exact) mass is 651 g/mol. The molecule has 3 aromatic heterocycles. The second-order valence-electron chi connectivity index (χ2n) is 12.1. The molecule has 0 aliphatic carbocycles. The summed E-state index contributed by atoms with van der Waals surface area (Å²) in [6.07, 6.45) is 6.56. The smallest absolute Gasteiger partial charge is 0.293 e. The zero-order chi connectivity index (χ0) is 33.6. The van der Waals surface area contributed by atoms with Gasteiger partial charge in [-0.05, 0) is 41.5 Å². The number of rotatable bonds is 14. The quantitative estimate of drug-likeness (QED) is 0.0370. The van der Waals surface area contributed by atoms with Crippen LogP contribution in [0, 0.1) is 24.2 Å². The van der Waals surface area contributed by atoms with Gasteiger partial charge in [0.05, 0.1) is 48.0 Å². The zero-order valence-corrected chi connectivity index (χ0v) is 26.9. The van der Waals surface area contributed by atoms with E-state index in [0.717, 1.165) is 39.5 Å². The highest BCUT2D eigenvalue weighted by Crippen LogP contribution is 2.39. The number of ether oxygens (including phenoxy) is 1. The zero-order valence-electron chi connectivity index (χ0n) is 26.9. The normalized spacial score (nSPS) is 16.6. The molecule has 1 aliphatic rings. The highest BCUT2D eigenvalue weighted by atomic mass is 17.2. The third kappa shape index (κ3) is 7.03. The van der Waals surface area contributed by atoms with Crippen molar-refractivity contribution in [3.63, 3.8) is 0 Å². The van der Waals surface area contributed by atoms with Crippen LogP contribution in [-0.4, -0.2) is 71.8 Å². The number of aryl methyl sites for hydroxylation is 1. The van der Waals surface area contributed by atoms with E-state index in [1.54, 1.807) is 22.0 Å². The molecule has 2 aromatic carbocycles. The largest absolute Gasteiger partial charge is 0.461 e. The van der Waals surface area contributed by atoms with Crippen LogP contribution in [-0.2, 0) is 30.7 Å². The van der Waals surface area contributed by atoms with Crippen LogP contribution in [0.15, 0.2) is 67.1 Å². The van der Waals surface area contributed by atoms with Gasteiger partial charge < -0.3 is 24.5 Å². The summed E-state index contributed by atoms with van der Waals surface area (Å²) in [6, 6.07) is 16.0. The third-order valence-corrected chi connectivity index (χ3v) is 8.62. The fraction of sp³-hybridized carbons (Fsp3) is 0.324. The molecule has 1 aliphatic heterocycles. The number of hydrogen-bond acceptors (Lipinski definition) is 10. The lowest BCUT2D eigenvalue weighted by atomic mass is 9.95. The average molecular weight is 652 g/mol. The first-order chi connectivity index (χ1) is 23.3. The average Bonchev–Trinajstić information content (AvgIpc) is 3.92. The molecular weight excluding hydrogens is 614 g/mol. The van der Waals surface area contributed by atoms with E-state index in [1.807, 2.05) is 39.1 Å². The molecule has 4 heterocycles. The Kier molecular flexibility index (Phi) is 9.71. The summed E-state index contributed by atoms with van der Waals surface area (Å²) >= 11 is 0. The van der Waals surface area contributed by atoms with Crippen molar-refractivity contribution in [1.29, 1.82) is 5.41 Å². The summed E-state index contributed by atoms with van der Waals surface area (Å²) in [5.41, 5.74) is 6.54. The Labute approximate surface area is 276 Å². The maximum atomic E-state index is 14.0. The van der Waals surface area contributed by atoms with Gasteiger partial charge in [-0.3, -0.25) is 15.0 Å². The summed E-state index contributed by atoms with van der Waals surface area (Å²) in [6.45, 7) is 6.56. The molecule has 0 saturated carbocycles. The molecule has 48 heavy (non-hydrogen) atoms. The molecule has 0 radical (unpaired) electrons. The van der Waals surface area contributed by atoms with Gasteiger partial charge in [0.15, 0.2) is 0 Å². The van der Waals surface area contributed by atoms with Gasteiger partial charge in [-0.1, -0.05) is 67.6 Å². The third-order valence-electron chi connectivity index (χ3n) is 8.62. The van der Waals surface area contributed by atoms with E-state index in [0.29, 0.717) is 37.4 Å². The Morgan fingerprint density at radius 3 is 2.25 bits per heavy atom. The van der Waals surface area contributed by atoms with E-state index < -0.39 is 5.92 Å². The van der Waals surface area contributed by atoms with Crippen molar-refractivity contribution in [2.45, 2.75) is 45.9 Å². The first kappa shape index (κ1) is 32.3. The van der Waals surface area contributed by atoms with Gasteiger partial charge in [-0.2, -0.15) is 4.89 Å². The van der Waals surface area contributed by atoms with E-state index in [2.05, 4.69) is 66.5 Å². The molecule has 248 valence electrons. The maximum absolute atomic E-state index is 14.0. The lowest BCUT2D eigenvalue weighted by molar-refractivity contribution is -0.229. The lowest BCUT2D eigenvalue weighted by Gasteiger charge is -2.29. The molecule has 1 amide bonds. The second kappa shape index (κ2) is 14.4. The van der Waals surface area contributed by atoms with Crippen molar-refractivity contribution in [2.24, 2.45) is 11.8 Å². The summed E-state index contributed by atoms with van der Waals surface area (Å²) < 4.78 is 6.53. The second-order valence-corrected chi connectivity index (χ2v) is 12.1. The van der Waals surface area contributed by atoms with Gasteiger partial charge >= 0.3 is 0 Å². The van der Waals surface area contributed by atoms with Crippen molar-refractivity contribution in [3.8, 4) is 33.6 Å². The molecule has 3 N–H and O–H groups in total. The van der Waals surface area contributed by atoms with Crippen LogP contribution in [0.1, 0.15) is 49.7 Å². The highest BCUT2D eigenvalue weighted by Gasteiger charge is 2.42. The van der Waals surface area contributed by atoms with Crippen LogP contribution in [0.2, 0.25) is 0 Å². The minimum absolute atomic E-state index is 0.00239. The first-order valence-corrected chi connectivity index (χ1v) is 15.7. The van der Waals surface area contributed by atoms with Gasteiger partial charge in [0.1, 0.15) is 30.6 Å². The van der Waals surface area contributed by atoms with Gasteiger partial charge in [0, 0.05) is 6.54 Å². The highest BCUT2D eigenvalue weighted by molar-refractivity contribution is 5.80. The lowest BCUT2D eigenvalue weighted by Crippen LogP contribution is -2.40. The van der Waals surface area contributed by atoms with E-state index in [-0.39, 0.29) is 37.1 Å². The predicted molar refractivity (Wildman–Crippen MR) is 175 cm³/mol. The van der Waals surface area contributed by atoms with Crippen LogP contribution in [0.25, 0.3) is 33.6 Å². The van der Waals surface area contributed by atoms with Crippen molar-refractivity contribution in [1.82, 2.24) is 39.8 Å². The van der Waals surface area contributed by atoms with Gasteiger partial charge in [-0.25, -0.2) is 14.6 Å². The maximum Gasteiger partial charge on any atom is 0.293 e. The Hall–Kier alpha value is -5.63. The van der Waals surface area contributed by atoms with Crippen LogP contribution in [0.4, 0.5) is 0 Å². The molecule has 0 spiro atoms. The molecule has 0 bridgehead atoms. The molecule has 5 aromatic rings. The van der Waals surface area contributed by atoms with E-state index in [4.69, 9.17) is 20.0 Å². The number of nitrogens with zero attached hydrogens (tertiary/aromatic N) is 6. The number of H-pyrrole nitrogens is 2. The van der Waals surface area contributed by atoms with E-state index in [1.165, 1.54) is 0 Å². The van der Waals surface area contributed by atoms with Crippen LogP contribution in [0.3, 0.4) is 0 Å². The number of imidazole rings is 2. The van der Waals surface area contributed by atoms with Crippen LogP contribution < -0.4 is 0 Å². The molecule has 14 nitrogen and oxygen atoms in total. The topological polar surface area (TPSA) is 177 Å². The molecule has 1 saturated heterocycles. The summed E-state index contributed by atoms with van der Waals surface area (Å²) in [5, 5.41) is 15.4. The first-order valence-electron chi connectivity index (χ1n) is 15.7. The van der Waals surface area contributed by atoms with E-state index in [9.17, 15) is 9.59 Å². The molecule has 0 unspecified atom stereocenters. The summed E-state index contributed by atoms with van der Waals surface area (Å²) in [5.74, 6) is 0.842. The number of carbonyl (C=O) groups is 2. The van der Waals surface area contributed by atoms with Crippen LogP contribution >= 0.6 is 0 Å². The van der Waals surface area contributed by atoms with E-state index >= 15 is 0 Å². The number of benzene rings is 2. The van der Waals surface area contributed by atoms with Crippen molar-refractivity contribution in [3.05, 3.63) is 84.5 Å². The van der Waals surface area contributed by atoms with Crippen molar-refractivity contribution >= 4 is 18.8 Å². The number of hydrogen-bond donors (Lipinski definition) is 3. The number of amides is 1. The Morgan fingerprint density at radius 1 is 1.00 bits per heavy atom. The fourth-order valence-corrected chi connectivity index (χ4v) is 6.00. The van der Waals surface area contributed by atoms with Gasteiger partial charge in [0.25, 0.3) is 6.47 Å². The van der Waals surface area contributed by atoms with Gasteiger partial charge in [-0.15, -0.1) is 5.10 Å². The summed E-state index contributed by atoms with van der Waals surface area (Å²) in [4.78, 5) is 52.0. The Morgan fingerprint density at radius 2 is 1.65 bits per heavy atom. The standard InChI is InChI=1S/C34H37N9O5/c1-21(2)29(18-47-48-19-35)34(45)42-16-28(43-15-27(40-41-43)17-46-20-44)12-32(42)33-37-14-31(39-33)26-10-6-24(7-11-26)23-4-8-25(9-5-23)30-13-36-22(3)38-30/h4-11,13-15,19-21,28-29,32,35H,12,16-18H2,1-3H3,(H,36,38)(H,37,39)/t28-,29-,32-/m0/s1. The molecule has 14 heteroatoms. The number of likely N-dealkylation sites (tertiary alicyclic amines) is 1. The Bertz CT molecular complexity index is 1840. The van der Waals surface area contributed by atoms with Gasteiger partial charge in [0.2, 0.25) is 12.3 Å². The fourth-order valence-electron chi connectivity index (χ4n) is 6.00. The van der Waals surface area contributed by atoms with Crippen LogP contribution in [0.5, 0.6) is 0 Å². The van der Waals surface area contributed by atoms with Crippen molar-refractivity contribution < 1.29 is 24.1 Å². The minimum atomic E-state index is -0.516. The molecule has 6 rings (SSSR count). The molecule has 1 fully saturated rings. The molecular formula is C34H37N9O5. The minimum Gasteiger partial charge on any atom is -0.461 e. The predicted octanol–water partition coefficient (Wildman–Crippen LogP) is 5.05. The number of carbonyl (C=O) groups excluding carboxylic acids is 2. The molecule has 3 atom stereocenters. The SMILES string of the molecule is Cc1ncc(-c2ccc(-c3ccc(-c4cnc([C@@H]5C[C@H](n6cc(COC=O)nn6)CN5C(=O)[C@@H](COOC=N)C(C)C)[nH]4)cc3)cc2)[nH]1. The number of nitrogens with one attached hydrogen (secondary N) is 3. The van der Waals surface area contributed by atoms with Crippen molar-refractivity contribution in [2.75, 3.05) is 13.2 Å². The Balaban J connectivity index is 1.22. The number of aromatic amines is 2.